The van der Waals surface area contributed by atoms with Gasteiger partial charge in [0.05, 0.1) is 0 Å². The van der Waals surface area contributed by atoms with Crippen LogP contribution < -0.4 is 10.2 Å². The van der Waals surface area contributed by atoms with E-state index < -0.39 is 0 Å². The number of nitrogens with zero attached hydrogens (tertiary/aromatic N) is 3. The molecule has 1 aliphatic rings. The van der Waals surface area contributed by atoms with Crippen LogP contribution >= 0.6 is 0 Å². The summed E-state index contributed by atoms with van der Waals surface area (Å²) in [4.78, 5) is 9.19. The second kappa shape index (κ2) is 6.87. The molecule has 0 radical (unpaired) electrons. The molecule has 0 aliphatic carbocycles. The van der Waals surface area contributed by atoms with E-state index in [0.717, 1.165) is 31.4 Å². The van der Waals surface area contributed by atoms with Crippen molar-refractivity contribution in [3.05, 3.63) is 23.9 Å². The molecule has 0 saturated carbocycles. The van der Waals surface area contributed by atoms with E-state index in [1.54, 1.807) is 0 Å². The maximum atomic E-state index is 4.49. The second-order valence-electron chi connectivity index (χ2n) is 5.60. The predicted molar refractivity (Wildman–Crippen MR) is 80.5 cm³/mol. The summed E-state index contributed by atoms with van der Waals surface area (Å²) in [7, 11) is 4.35. The fourth-order valence-corrected chi connectivity index (χ4v) is 2.70. The first-order valence-electron chi connectivity index (χ1n) is 7.24. The van der Waals surface area contributed by atoms with Crippen LogP contribution in [0.4, 0.5) is 5.82 Å². The predicted octanol–water partition coefficient (Wildman–Crippen LogP) is 1.58. The van der Waals surface area contributed by atoms with Crippen LogP contribution in [0.15, 0.2) is 18.3 Å². The SMILES string of the molecule is CCNCc1ccnc(N(C)CC2CCN(C)C2)c1. The number of hydrogen-bond acceptors (Lipinski definition) is 4. The highest BCUT2D eigenvalue weighted by molar-refractivity contribution is 5.40. The first-order chi connectivity index (χ1) is 9.19. The van der Waals surface area contributed by atoms with Gasteiger partial charge in [0, 0.05) is 32.9 Å². The Balaban J connectivity index is 1.92. The zero-order valence-corrected chi connectivity index (χ0v) is 12.4. The van der Waals surface area contributed by atoms with Crippen LogP contribution in [-0.4, -0.2) is 50.2 Å². The van der Waals surface area contributed by atoms with E-state index in [-0.39, 0.29) is 0 Å². The summed E-state index contributed by atoms with van der Waals surface area (Å²) in [5, 5.41) is 3.36. The van der Waals surface area contributed by atoms with Crippen LogP contribution in [0.3, 0.4) is 0 Å². The molecule has 0 amide bonds. The van der Waals surface area contributed by atoms with Crippen LogP contribution in [0.1, 0.15) is 18.9 Å². The lowest BCUT2D eigenvalue weighted by atomic mass is 10.1. The highest BCUT2D eigenvalue weighted by Crippen LogP contribution is 2.18. The van der Waals surface area contributed by atoms with Gasteiger partial charge in [-0.3, -0.25) is 0 Å². The molecule has 4 heteroatoms. The molecule has 0 spiro atoms. The molecule has 0 bridgehead atoms. The molecule has 1 fully saturated rings. The van der Waals surface area contributed by atoms with Crippen LogP contribution in [0.2, 0.25) is 0 Å². The Morgan fingerprint density at radius 3 is 3.05 bits per heavy atom. The van der Waals surface area contributed by atoms with E-state index in [1.165, 1.54) is 25.1 Å². The number of likely N-dealkylation sites (tertiary alicyclic amines) is 1. The van der Waals surface area contributed by atoms with Crippen molar-refractivity contribution < 1.29 is 0 Å². The van der Waals surface area contributed by atoms with Crippen LogP contribution in [-0.2, 0) is 6.54 Å². The Morgan fingerprint density at radius 1 is 1.53 bits per heavy atom. The van der Waals surface area contributed by atoms with E-state index in [2.05, 4.69) is 53.3 Å². The Bertz CT molecular complexity index is 393. The van der Waals surface area contributed by atoms with Gasteiger partial charge in [0.25, 0.3) is 0 Å². The minimum atomic E-state index is 0.772. The second-order valence-corrected chi connectivity index (χ2v) is 5.60. The number of aromatic nitrogens is 1. The summed E-state index contributed by atoms with van der Waals surface area (Å²) in [6.45, 7) is 7.59. The molecule has 106 valence electrons. The lowest BCUT2D eigenvalue weighted by molar-refractivity contribution is 0.395. The molecule has 4 nitrogen and oxygen atoms in total. The Kier molecular flexibility index (Phi) is 5.16. The normalized spacial score (nSPS) is 19.8. The van der Waals surface area contributed by atoms with Gasteiger partial charge < -0.3 is 15.1 Å². The third kappa shape index (κ3) is 4.18. The fraction of sp³-hybridized carbons (Fsp3) is 0.667. The summed E-state index contributed by atoms with van der Waals surface area (Å²) >= 11 is 0. The van der Waals surface area contributed by atoms with E-state index >= 15 is 0 Å². The van der Waals surface area contributed by atoms with Gasteiger partial charge in [0.1, 0.15) is 5.82 Å². The van der Waals surface area contributed by atoms with Crippen molar-refractivity contribution in [3.63, 3.8) is 0 Å². The van der Waals surface area contributed by atoms with Gasteiger partial charge in [0.2, 0.25) is 0 Å². The Morgan fingerprint density at radius 2 is 2.37 bits per heavy atom. The average molecular weight is 262 g/mol. The number of anilines is 1. The third-order valence-corrected chi connectivity index (χ3v) is 3.80. The molecule has 2 heterocycles. The fourth-order valence-electron chi connectivity index (χ4n) is 2.70. The van der Waals surface area contributed by atoms with Gasteiger partial charge in [-0.05, 0) is 50.2 Å². The third-order valence-electron chi connectivity index (χ3n) is 3.80. The van der Waals surface area contributed by atoms with Gasteiger partial charge in [-0.1, -0.05) is 6.92 Å². The van der Waals surface area contributed by atoms with Crippen LogP contribution in [0.25, 0.3) is 0 Å². The quantitative estimate of drug-likeness (QED) is 0.843. The van der Waals surface area contributed by atoms with Gasteiger partial charge in [0.15, 0.2) is 0 Å². The average Bonchev–Trinajstić information content (AvgIpc) is 2.82. The molecular formula is C15H26N4. The van der Waals surface area contributed by atoms with E-state index in [0.29, 0.717) is 0 Å². The molecule has 1 aliphatic heterocycles. The van der Waals surface area contributed by atoms with Crippen molar-refractivity contribution >= 4 is 5.82 Å². The zero-order valence-electron chi connectivity index (χ0n) is 12.4. The molecule has 0 aromatic carbocycles. The monoisotopic (exact) mass is 262 g/mol. The maximum absolute atomic E-state index is 4.49. The molecular weight excluding hydrogens is 236 g/mol. The van der Waals surface area contributed by atoms with Crippen molar-refractivity contribution in [3.8, 4) is 0 Å². The van der Waals surface area contributed by atoms with Gasteiger partial charge in [-0.2, -0.15) is 0 Å². The van der Waals surface area contributed by atoms with Gasteiger partial charge >= 0.3 is 0 Å². The van der Waals surface area contributed by atoms with E-state index in [1.807, 2.05) is 6.20 Å². The Labute approximate surface area is 116 Å². The lowest BCUT2D eigenvalue weighted by Gasteiger charge is -2.22. The summed E-state index contributed by atoms with van der Waals surface area (Å²) in [6, 6.07) is 4.28. The summed E-state index contributed by atoms with van der Waals surface area (Å²) < 4.78 is 0. The molecule has 1 unspecified atom stereocenters. The van der Waals surface area contributed by atoms with E-state index in [9.17, 15) is 0 Å². The minimum absolute atomic E-state index is 0.772. The summed E-state index contributed by atoms with van der Waals surface area (Å²) in [5.41, 5.74) is 1.31. The van der Waals surface area contributed by atoms with E-state index in [4.69, 9.17) is 0 Å². The highest BCUT2D eigenvalue weighted by Gasteiger charge is 2.21. The molecule has 2 rings (SSSR count). The maximum Gasteiger partial charge on any atom is 0.128 e. The van der Waals surface area contributed by atoms with Crippen molar-refractivity contribution in [2.45, 2.75) is 19.9 Å². The molecule has 19 heavy (non-hydrogen) atoms. The molecule has 1 aromatic rings. The smallest absolute Gasteiger partial charge is 0.128 e. The summed E-state index contributed by atoms with van der Waals surface area (Å²) in [6.07, 6.45) is 3.22. The molecule has 1 N–H and O–H groups in total. The molecule has 1 aromatic heterocycles. The van der Waals surface area contributed by atoms with Crippen molar-refractivity contribution in [1.82, 2.24) is 15.2 Å². The van der Waals surface area contributed by atoms with Gasteiger partial charge in [-0.25, -0.2) is 4.98 Å². The van der Waals surface area contributed by atoms with Gasteiger partial charge in [-0.15, -0.1) is 0 Å². The molecule has 1 saturated heterocycles. The number of hydrogen-bond donors (Lipinski definition) is 1. The van der Waals surface area contributed by atoms with Crippen molar-refractivity contribution in [1.29, 1.82) is 0 Å². The topological polar surface area (TPSA) is 31.4 Å². The number of pyridine rings is 1. The molecule has 1 atom stereocenters. The van der Waals surface area contributed by atoms with Crippen molar-refractivity contribution in [2.24, 2.45) is 5.92 Å². The Hall–Kier alpha value is -1.13. The largest absolute Gasteiger partial charge is 0.359 e. The number of rotatable bonds is 6. The highest BCUT2D eigenvalue weighted by atomic mass is 15.2. The standard InChI is InChI=1S/C15H26N4/c1-4-16-10-13-5-7-17-15(9-13)19(3)12-14-6-8-18(2)11-14/h5,7,9,14,16H,4,6,8,10-12H2,1-3H3. The first-order valence-corrected chi connectivity index (χ1v) is 7.24. The lowest BCUT2D eigenvalue weighted by Crippen LogP contribution is -2.28. The van der Waals surface area contributed by atoms with Crippen molar-refractivity contribution in [2.75, 3.05) is 45.2 Å². The van der Waals surface area contributed by atoms with Crippen LogP contribution in [0.5, 0.6) is 0 Å². The zero-order chi connectivity index (χ0) is 13.7. The minimum Gasteiger partial charge on any atom is -0.359 e. The summed E-state index contributed by atoms with van der Waals surface area (Å²) in [5.74, 6) is 1.86. The van der Waals surface area contributed by atoms with Crippen LogP contribution in [0, 0.1) is 5.92 Å². The first kappa shape index (κ1) is 14.3. The number of nitrogens with one attached hydrogen (secondary N) is 1.